The van der Waals surface area contributed by atoms with Gasteiger partial charge < -0.3 is 14.2 Å². The van der Waals surface area contributed by atoms with E-state index in [-0.39, 0.29) is 28.6 Å². The maximum Gasteiger partial charge on any atom is 0.339 e. The highest BCUT2D eigenvalue weighted by molar-refractivity contribution is 7.87. The molecule has 0 spiro atoms. The average Bonchev–Trinajstić information content (AvgIpc) is 2.81. The smallest absolute Gasteiger partial charge is 0.339 e. The van der Waals surface area contributed by atoms with Crippen LogP contribution in [0.5, 0.6) is 11.5 Å². The lowest BCUT2D eigenvalue weighted by Gasteiger charge is -2.13. The molecule has 3 rings (SSSR count). The highest BCUT2D eigenvalue weighted by Crippen LogP contribution is 2.32. The van der Waals surface area contributed by atoms with Crippen LogP contribution in [0.1, 0.15) is 12.5 Å². The van der Waals surface area contributed by atoms with E-state index in [9.17, 15) is 22.9 Å². The molecule has 9 heteroatoms. The lowest BCUT2D eigenvalue weighted by molar-refractivity contribution is -0.112. The molecule has 0 bridgehead atoms. The van der Waals surface area contributed by atoms with Crippen molar-refractivity contribution in [3.63, 3.8) is 0 Å². The SMILES string of the molecule is CCOc1cc(/C=C(\C#N)C(=O)Nc2ccc(F)cc2)ccc1OS(=O)(=O)c1ccccc1. The Balaban J connectivity index is 1.86. The van der Waals surface area contributed by atoms with Crippen LogP contribution in [0.15, 0.2) is 83.3 Å². The number of rotatable bonds is 8. The van der Waals surface area contributed by atoms with E-state index in [4.69, 9.17) is 8.92 Å². The molecular weight excluding hydrogens is 447 g/mol. The van der Waals surface area contributed by atoms with Crippen LogP contribution in [-0.4, -0.2) is 20.9 Å². The second-order valence-corrected chi connectivity index (χ2v) is 8.17. The van der Waals surface area contributed by atoms with E-state index in [1.807, 2.05) is 6.07 Å². The lowest BCUT2D eigenvalue weighted by atomic mass is 10.1. The molecule has 0 heterocycles. The molecule has 0 aromatic heterocycles. The summed E-state index contributed by atoms with van der Waals surface area (Å²) in [5, 5.41) is 11.9. The monoisotopic (exact) mass is 466 g/mol. The fraction of sp³-hybridized carbons (Fsp3) is 0.0833. The molecule has 0 fully saturated rings. The third-order valence-corrected chi connectivity index (χ3v) is 5.53. The van der Waals surface area contributed by atoms with Gasteiger partial charge in [0.1, 0.15) is 22.4 Å². The van der Waals surface area contributed by atoms with Gasteiger partial charge in [0, 0.05) is 5.69 Å². The fourth-order valence-corrected chi connectivity index (χ4v) is 3.71. The molecule has 0 saturated carbocycles. The first-order chi connectivity index (χ1) is 15.8. The van der Waals surface area contributed by atoms with Crippen LogP contribution in [0.4, 0.5) is 10.1 Å². The summed E-state index contributed by atoms with van der Waals surface area (Å²) in [6.45, 7) is 1.94. The standard InChI is InChI=1S/C24H19FN2O5S/c1-2-31-23-15-17(8-13-22(23)32-33(29,30)21-6-4-3-5-7-21)14-18(16-26)24(28)27-20-11-9-19(25)10-12-20/h3-15H,2H2,1H3,(H,27,28)/b18-14+. The molecule has 33 heavy (non-hydrogen) atoms. The van der Waals surface area contributed by atoms with Gasteiger partial charge in [-0.15, -0.1) is 0 Å². The van der Waals surface area contributed by atoms with Gasteiger partial charge in [0.15, 0.2) is 11.5 Å². The van der Waals surface area contributed by atoms with E-state index in [2.05, 4.69) is 5.32 Å². The first kappa shape index (κ1) is 23.5. The van der Waals surface area contributed by atoms with E-state index in [0.717, 1.165) is 0 Å². The van der Waals surface area contributed by atoms with Gasteiger partial charge in [0.05, 0.1) is 6.61 Å². The number of nitriles is 1. The molecule has 1 amide bonds. The van der Waals surface area contributed by atoms with Crippen LogP contribution in [0, 0.1) is 17.1 Å². The molecule has 0 unspecified atom stereocenters. The second kappa shape index (κ2) is 10.4. The van der Waals surface area contributed by atoms with Gasteiger partial charge in [0.25, 0.3) is 5.91 Å². The summed E-state index contributed by atoms with van der Waals surface area (Å²) >= 11 is 0. The minimum atomic E-state index is -4.08. The van der Waals surface area contributed by atoms with Crippen molar-refractivity contribution in [3.8, 4) is 17.6 Å². The number of hydrogen-bond acceptors (Lipinski definition) is 6. The average molecular weight is 466 g/mol. The highest BCUT2D eigenvalue weighted by Gasteiger charge is 2.19. The van der Waals surface area contributed by atoms with Crippen molar-refractivity contribution < 1.29 is 26.5 Å². The number of carbonyl (C=O) groups is 1. The Morgan fingerprint density at radius 2 is 1.76 bits per heavy atom. The summed E-state index contributed by atoms with van der Waals surface area (Å²) in [4.78, 5) is 12.4. The molecule has 0 saturated heterocycles. The molecule has 0 aliphatic heterocycles. The number of nitrogens with one attached hydrogen (secondary N) is 1. The minimum absolute atomic E-state index is 0.0133. The van der Waals surface area contributed by atoms with Crippen LogP contribution < -0.4 is 14.2 Å². The molecule has 168 valence electrons. The van der Waals surface area contributed by atoms with E-state index in [1.165, 1.54) is 60.7 Å². The molecule has 0 atom stereocenters. The van der Waals surface area contributed by atoms with Crippen molar-refractivity contribution in [2.45, 2.75) is 11.8 Å². The molecule has 0 radical (unpaired) electrons. The van der Waals surface area contributed by atoms with Crippen molar-refractivity contribution in [1.82, 2.24) is 0 Å². The summed E-state index contributed by atoms with van der Waals surface area (Å²) in [6.07, 6.45) is 1.32. The minimum Gasteiger partial charge on any atom is -0.490 e. The maximum absolute atomic E-state index is 13.0. The van der Waals surface area contributed by atoms with Crippen LogP contribution in [-0.2, 0) is 14.9 Å². The van der Waals surface area contributed by atoms with Crippen LogP contribution in [0.25, 0.3) is 6.08 Å². The summed E-state index contributed by atoms with van der Waals surface area (Å²) in [5.41, 5.74) is 0.522. The third kappa shape index (κ3) is 6.18. The molecule has 3 aromatic rings. The summed E-state index contributed by atoms with van der Waals surface area (Å²) in [5.74, 6) is -1.05. The van der Waals surface area contributed by atoms with E-state index >= 15 is 0 Å². The largest absolute Gasteiger partial charge is 0.490 e. The van der Waals surface area contributed by atoms with Gasteiger partial charge in [-0.25, -0.2) is 4.39 Å². The zero-order valence-electron chi connectivity index (χ0n) is 17.5. The Labute approximate surface area is 190 Å². The van der Waals surface area contributed by atoms with Gasteiger partial charge in [-0.1, -0.05) is 24.3 Å². The lowest BCUT2D eigenvalue weighted by Crippen LogP contribution is -2.13. The highest BCUT2D eigenvalue weighted by atomic mass is 32.2. The topological polar surface area (TPSA) is 105 Å². The van der Waals surface area contributed by atoms with Gasteiger partial charge >= 0.3 is 10.1 Å². The number of hydrogen-bond donors (Lipinski definition) is 1. The third-order valence-electron chi connectivity index (χ3n) is 4.28. The number of halogens is 1. The summed E-state index contributed by atoms with van der Waals surface area (Å²) < 4.78 is 48.9. The number of amides is 1. The zero-order chi connectivity index (χ0) is 23.8. The molecule has 0 aliphatic rings. The van der Waals surface area contributed by atoms with Gasteiger partial charge in [-0.05, 0) is 67.1 Å². The second-order valence-electron chi connectivity index (χ2n) is 6.62. The predicted molar refractivity (Wildman–Crippen MR) is 120 cm³/mol. The Bertz CT molecular complexity index is 1320. The number of benzene rings is 3. The number of ether oxygens (including phenoxy) is 1. The van der Waals surface area contributed by atoms with E-state index in [0.29, 0.717) is 11.3 Å². The quantitative estimate of drug-likeness (QED) is 0.297. The van der Waals surface area contributed by atoms with Crippen molar-refractivity contribution in [3.05, 3.63) is 89.8 Å². The van der Waals surface area contributed by atoms with E-state index < -0.39 is 21.8 Å². The molecule has 3 aromatic carbocycles. The molecule has 0 aliphatic carbocycles. The maximum atomic E-state index is 13.0. The van der Waals surface area contributed by atoms with Gasteiger partial charge in [0.2, 0.25) is 0 Å². The zero-order valence-corrected chi connectivity index (χ0v) is 18.3. The van der Waals surface area contributed by atoms with E-state index in [1.54, 1.807) is 25.1 Å². The molecular formula is C24H19FN2O5S. The first-order valence-electron chi connectivity index (χ1n) is 9.77. The van der Waals surface area contributed by atoms with Crippen molar-refractivity contribution >= 4 is 27.8 Å². The Kier molecular flexibility index (Phi) is 7.43. The molecule has 1 N–H and O–H groups in total. The van der Waals surface area contributed by atoms with Crippen molar-refractivity contribution in [1.29, 1.82) is 5.26 Å². The Morgan fingerprint density at radius 3 is 2.39 bits per heavy atom. The Morgan fingerprint density at radius 1 is 1.06 bits per heavy atom. The van der Waals surface area contributed by atoms with Crippen LogP contribution in [0.3, 0.4) is 0 Å². The van der Waals surface area contributed by atoms with Gasteiger partial charge in [-0.3, -0.25) is 4.79 Å². The fourth-order valence-electron chi connectivity index (χ4n) is 2.75. The number of carbonyl (C=O) groups excluding carboxylic acids is 1. The van der Waals surface area contributed by atoms with Crippen molar-refractivity contribution in [2.75, 3.05) is 11.9 Å². The Hall–Kier alpha value is -4.16. The summed E-state index contributed by atoms with van der Waals surface area (Å²) in [7, 11) is -4.08. The molecule has 7 nitrogen and oxygen atoms in total. The first-order valence-corrected chi connectivity index (χ1v) is 11.2. The van der Waals surface area contributed by atoms with Crippen LogP contribution in [0.2, 0.25) is 0 Å². The van der Waals surface area contributed by atoms with Gasteiger partial charge in [-0.2, -0.15) is 13.7 Å². The number of anilines is 1. The predicted octanol–water partition coefficient (Wildman–Crippen LogP) is 4.54. The van der Waals surface area contributed by atoms with Crippen LogP contribution >= 0.6 is 0 Å². The number of nitrogens with zero attached hydrogens (tertiary/aromatic N) is 1. The summed E-state index contributed by atoms with van der Waals surface area (Å²) in [6, 6.07) is 18.9. The van der Waals surface area contributed by atoms with Crippen molar-refractivity contribution in [2.24, 2.45) is 0 Å². The normalized spacial score (nSPS) is 11.4.